The van der Waals surface area contributed by atoms with Crippen molar-refractivity contribution in [2.75, 3.05) is 20.1 Å². The van der Waals surface area contributed by atoms with Crippen LogP contribution in [0.2, 0.25) is 0 Å². The number of nitrogens with zero attached hydrogens (tertiary/aromatic N) is 1. The highest BCUT2D eigenvalue weighted by molar-refractivity contribution is 7.17. The summed E-state index contributed by atoms with van der Waals surface area (Å²) in [6, 6.07) is 8.46. The van der Waals surface area contributed by atoms with Crippen molar-refractivity contribution in [1.82, 2.24) is 10.2 Å². The molecule has 2 aromatic rings. The van der Waals surface area contributed by atoms with Crippen molar-refractivity contribution in [2.24, 2.45) is 0 Å². The Kier molecular flexibility index (Phi) is 4.93. The first kappa shape index (κ1) is 14.0. The van der Waals surface area contributed by atoms with Gasteiger partial charge in [-0.15, -0.1) is 11.3 Å². The molecule has 1 aromatic carbocycles. The summed E-state index contributed by atoms with van der Waals surface area (Å²) in [4.78, 5) is 13.6. The fourth-order valence-electron chi connectivity index (χ4n) is 2.10. The van der Waals surface area contributed by atoms with E-state index < -0.39 is 0 Å². The third-order valence-electron chi connectivity index (χ3n) is 3.10. The highest BCUT2D eigenvalue weighted by Gasteiger charge is 2.08. The Hall–Kier alpha value is -1.39. The van der Waals surface area contributed by atoms with E-state index in [1.807, 2.05) is 6.92 Å². The lowest BCUT2D eigenvalue weighted by Crippen LogP contribution is -2.28. The van der Waals surface area contributed by atoms with Gasteiger partial charge in [0.2, 0.25) is 5.91 Å². The second-order valence-electron chi connectivity index (χ2n) is 4.70. The number of rotatable bonds is 6. The summed E-state index contributed by atoms with van der Waals surface area (Å²) in [5.41, 5.74) is 1.35. The van der Waals surface area contributed by atoms with E-state index >= 15 is 0 Å². The lowest BCUT2D eigenvalue weighted by molar-refractivity contribution is -0.121. The smallest absolute Gasteiger partial charge is 0.221 e. The van der Waals surface area contributed by atoms with Crippen LogP contribution in [0.5, 0.6) is 0 Å². The van der Waals surface area contributed by atoms with Gasteiger partial charge in [0.05, 0.1) is 0 Å². The zero-order valence-corrected chi connectivity index (χ0v) is 12.3. The molecule has 0 saturated heterocycles. The maximum Gasteiger partial charge on any atom is 0.221 e. The number of hydrogen-bond donors (Lipinski definition) is 1. The Morgan fingerprint density at radius 2 is 2.16 bits per heavy atom. The van der Waals surface area contributed by atoms with Crippen molar-refractivity contribution in [3.63, 3.8) is 0 Å². The fraction of sp³-hybridized carbons (Fsp3) is 0.400. The van der Waals surface area contributed by atoms with E-state index in [1.54, 1.807) is 11.3 Å². The van der Waals surface area contributed by atoms with Gasteiger partial charge in [-0.05, 0) is 36.4 Å². The van der Waals surface area contributed by atoms with Crippen molar-refractivity contribution in [2.45, 2.75) is 19.9 Å². The molecule has 4 heteroatoms. The second kappa shape index (κ2) is 6.68. The van der Waals surface area contributed by atoms with Crippen LogP contribution < -0.4 is 5.32 Å². The quantitative estimate of drug-likeness (QED) is 0.880. The van der Waals surface area contributed by atoms with Crippen LogP contribution in [0.3, 0.4) is 0 Å². The summed E-state index contributed by atoms with van der Waals surface area (Å²) >= 11 is 1.78. The van der Waals surface area contributed by atoms with Crippen molar-refractivity contribution < 1.29 is 4.79 Å². The van der Waals surface area contributed by atoms with E-state index in [9.17, 15) is 4.79 Å². The van der Waals surface area contributed by atoms with Crippen molar-refractivity contribution in [3.8, 4) is 0 Å². The van der Waals surface area contributed by atoms with Gasteiger partial charge in [0.25, 0.3) is 0 Å². The molecule has 0 radical (unpaired) electrons. The average molecular weight is 276 g/mol. The molecule has 1 N–H and O–H groups in total. The van der Waals surface area contributed by atoms with E-state index in [4.69, 9.17) is 0 Å². The summed E-state index contributed by atoms with van der Waals surface area (Å²) in [7, 11) is 2.06. The molecule has 1 heterocycles. The average Bonchev–Trinajstić information content (AvgIpc) is 2.80. The molecule has 0 fully saturated rings. The zero-order chi connectivity index (χ0) is 13.7. The van der Waals surface area contributed by atoms with E-state index in [-0.39, 0.29) is 5.91 Å². The molecule has 19 heavy (non-hydrogen) atoms. The molecule has 0 atom stereocenters. The molecular weight excluding hydrogens is 256 g/mol. The summed E-state index contributed by atoms with van der Waals surface area (Å²) in [6.45, 7) is 4.33. The standard InChI is InChI=1S/C15H20N2OS/c1-3-16-15(18)8-9-17(2)10-12-11-19-14-7-5-4-6-13(12)14/h4-7,11H,3,8-10H2,1-2H3,(H,16,18). The molecule has 0 spiro atoms. The Morgan fingerprint density at radius 1 is 1.37 bits per heavy atom. The van der Waals surface area contributed by atoms with Crippen molar-refractivity contribution in [1.29, 1.82) is 0 Å². The fourth-order valence-corrected chi connectivity index (χ4v) is 3.06. The van der Waals surface area contributed by atoms with Crippen LogP contribution in [0.15, 0.2) is 29.6 Å². The Bertz CT molecular complexity index is 550. The molecule has 2 rings (SSSR count). The van der Waals surface area contributed by atoms with Gasteiger partial charge in [-0.3, -0.25) is 4.79 Å². The topological polar surface area (TPSA) is 32.3 Å². The van der Waals surface area contributed by atoms with Gasteiger partial charge in [0.15, 0.2) is 0 Å². The van der Waals surface area contributed by atoms with Gasteiger partial charge in [-0.2, -0.15) is 0 Å². The van der Waals surface area contributed by atoms with Crippen molar-refractivity contribution >= 4 is 27.3 Å². The number of amides is 1. The predicted molar refractivity (Wildman–Crippen MR) is 81.5 cm³/mol. The molecule has 0 unspecified atom stereocenters. The summed E-state index contributed by atoms with van der Waals surface area (Å²) in [5.74, 6) is 0.129. The second-order valence-corrected chi connectivity index (χ2v) is 5.61. The number of thiophene rings is 1. The van der Waals surface area contributed by atoms with Gasteiger partial charge in [-0.1, -0.05) is 18.2 Å². The summed E-state index contributed by atoms with van der Waals surface area (Å²) in [6.07, 6.45) is 0.562. The van der Waals surface area contributed by atoms with E-state index in [2.05, 4.69) is 46.9 Å². The molecule has 0 aliphatic rings. The highest BCUT2D eigenvalue weighted by atomic mass is 32.1. The Morgan fingerprint density at radius 3 is 2.95 bits per heavy atom. The number of carbonyl (C=O) groups excluding carboxylic acids is 1. The minimum atomic E-state index is 0.129. The number of hydrogen-bond acceptors (Lipinski definition) is 3. The first-order valence-corrected chi connectivity index (χ1v) is 7.49. The van der Waals surface area contributed by atoms with E-state index in [1.165, 1.54) is 15.6 Å². The van der Waals surface area contributed by atoms with Gasteiger partial charge in [-0.25, -0.2) is 0 Å². The summed E-state index contributed by atoms with van der Waals surface area (Å²) < 4.78 is 1.33. The largest absolute Gasteiger partial charge is 0.356 e. The first-order chi connectivity index (χ1) is 9.20. The lowest BCUT2D eigenvalue weighted by Gasteiger charge is -2.15. The van der Waals surface area contributed by atoms with Crippen LogP contribution in [0, 0.1) is 0 Å². The predicted octanol–water partition coefficient (Wildman–Crippen LogP) is 2.86. The lowest BCUT2D eigenvalue weighted by atomic mass is 10.1. The van der Waals surface area contributed by atoms with Crippen molar-refractivity contribution in [3.05, 3.63) is 35.2 Å². The number of benzene rings is 1. The van der Waals surface area contributed by atoms with E-state index in [0.29, 0.717) is 13.0 Å². The maximum atomic E-state index is 11.4. The maximum absolute atomic E-state index is 11.4. The molecule has 0 saturated carbocycles. The van der Waals surface area contributed by atoms with Gasteiger partial charge >= 0.3 is 0 Å². The number of fused-ring (bicyclic) bond motifs is 1. The van der Waals surface area contributed by atoms with Crippen LogP contribution in [-0.2, 0) is 11.3 Å². The first-order valence-electron chi connectivity index (χ1n) is 6.61. The molecule has 0 aliphatic heterocycles. The minimum Gasteiger partial charge on any atom is -0.356 e. The molecule has 1 amide bonds. The normalized spacial score (nSPS) is 11.1. The van der Waals surface area contributed by atoms with Crippen LogP contribution in [0.1, 0.15) is 18.9 Å². The van der Waals surface area contributed by atoms with Gasteiger partial charge < -0.3 is 10.2 Å². The van der Waals surface area contributed by atoms with Crippen LogP contribution >= 0.6 is 11.3 Å². The molecule has 0 bridgehead atoms. The molecule has 1 aromatic heterocycles. The molecular formula is C15H20N2OS. The van der Waals surface area contributed by atoms with Gasteiger partial charge in [0, 0.05) is 30.8 Å². The minimum absolute atomic E-state index is 0.129. The molecule has 0 aliphatic carbocycles. The Balaban J connectivity index is 1.92. The third-order valence-corrected chi connectivity index (χ3v) is 4.11. The third kappa shape index (κ3) is 3.78. The zero-order valence-electron chi connectivity index (χ0n) is 11.5. The number of nitrogens with one attached hydrogen (secondary N) is 1. The SMILES string of the molecule is CCNC(=O)CCN(C)Cc1csc2ccccc12. The monoisotopic (exact) mass is 276 g/mol. The van der Waals surface area contributed by atoms with Crippen LogP contribution in [-0.4, -0.2) is 30.9 Å². The summed E-state index contributed by atoms with van der Waals surface area (Å²) in [5, 5.41) is 6.37. The highest BCUT2D eigenvalue weighted by Crippen LogP contribution is 2.26. The molecule has 3 nitrogen and oxygen atoms in total. The van der Waals surface area contributed by atoms with Gasteiger partial charge in [0.1, 0.15) is 0 Å². The van der Waals surface area contributed by atoms with Crippen LogP contribution in [0.25, 0.3) is 10.1 Å². The Labute approximate surface area is 118 Å². The molecule has 102 valence electrons. The van der Waals surface area contributed by atoms with Crippen LogP contribution in [0.4, 0.5) is 0 Å². The number of carbonyl (C=O) groups is 1. The van der Waals surface area contributed by atoms with E-state index in [0.717, 1.165) is 13.1 Å².